The molecule has 1 fully saturated rings. The Morgan fingerprint density at radius 2 is 2.07 bits per heavy atom. The molecule has 1 aliphatic rings. The van der Waals surface area contributed by atoms with Gasteiger partial charge in [0.25, 0.3) is 0 Å². The van der Waals surface area contributed by atoms with Crippen LogP contribution in [0.3, 0.4) is 0 Å². The van der Waals surface area contributed by atoms with E-state index in [0.717, 1.165) is 0 Å². The summed E-state index contributed by atoms with van der Waals surface area (Å²) in [6.07, 6.45) is 6.57. The van der Waals surface area contributed by atoms with Crippen LogP contribution in [0.25, 0.3) is 0 Å². The van der Waals surface area contributed by atoms with Gasteiger partial charge in [-0.3, -0.25) is 4.79 Å². The van der Waals surface area contributed by atoms with Crippen molar-refractivity contribution in [3.05, 3.63) is 21.9 Å². The Hall–Kier alpha value is -0.830. The Morgan fingerprint density at radius 3 is 2.64 bits per heavy atom. The molecule has 1 aromatic heterocycles. The Balaban J connectivity index is 2.11. The molecule has 0 aliphatic heterocycles. The number of carbonyl (C=O) groups excluding carboxylic acids is 1. The average molecular weight is 209 g/mol. The Labute approximate surface area is 88.1 Å². The van der Waals surface area contributed by atoms with Crippen LogP contribution in [0.15, 0.2) is 11.4 Å². The predicted molar refractivity (Wildman–Crippen MR) is 58.7 cm³/mol. The highest BCUT2D eigenvalue weighted by atomic mass is 32.1. The fourth-order valence-electron chi connectivity index (χ4n) is 2.08. The van der Waals surface area contributed by atoms with Gasteiger partial charge >= 0.3 is 0 Å². The van der Waals surface area contributed by atoms with E-state index in [4.69, 9.17) is 5.73 Å². The molecular formula is C11H15NOS. The van der Waals surface area contributed by atoms with E-state index >= 15 is 0 Å². The number of primary amides is 1. The number of rotatable bonds is 2. The lowest BCUT2D eigenvalue weighted by molar-refractivity contribution is 0.100. The fourth-order valence-corrected chi connectivity index (χ4v) is 3.15. The van der Waals surface area contributed by atoms with E-state index in [1.807, 2.05) is 11.4 Å². The van der Waals surface area contributed by atoms with Gasteiger partial charge in [0.2, 0.25) is 5.91 Å². The normalized spacial score (nSPS) is 18.3. The summed E-state index contributed by atoms with van der Waals surface area (Å²) in [6.45, 7) is 0. The van der Waals surface area contributed by atoms with E-state index in [0.29, 0.717) is 11.5 Å². The molecule has 2 N–H and O–H groups in total. The quantitative estimate of drug-likeness (QED) is 0.799. The predicted octanol–water partition coefficient (Wildman–Crippen LogP) is 2.89. The maximum absolute atomic E-state index is 10.9. The Kier molecular flexibility index (Phi) is 2.87. The molecule has 1 aliphatic carbocycles. The SMILES string of the molecule is NC(=O)c1csc(C2CCCCC2)c1. The van der Waals surface area contributed by atoms with E-state index in [9.17, 15) is 4.79 Å². The number of hydrogen-bond acceptors (Lipinski definition) is 2. The first-order chi connectivity index (χ1) is 6.77. The lowest BCUT2D eigenvalue weighted by Crippen LogP contribution is -2.09. The standard InChI is InChI=1S/C11H15NOS/c12-11(13)9-6-10(14-7-9)8-4-2-1-3-5-8/h6-8H,1-5H2,(H2,12,13). The third-order valence-electron chi connectivity index (χ3n) is 2.91. The molecule has 0 atom stereocenters. The molecule has 0 spiro atoms. The van der Waals surface area contributed by atoms with Crippen LogP contribution < -0.4 is 5.73 Å². The minimum atomic E-state index is -0.302. The number of amides is 1. The van der Waals surface area contributed by atoms with Crippen LogP contribution in [0.2, 0.25) is 0 Å². The molecule has 2 rings (SSSR count). The van der Waals surface area contributed by atoms with Gasteiger partial charge < -0.3 is 5.73 Å². The van der Waals surface area contributed by atoms with Gasteiger partial charge in [-0.1, -0.05) is 19.3 Å². The second-order valence-corrected chi connectivity index (χ2v) is 4.88. The molecule has 1 aromatic rings. The molecule has 2 nitrogen and oxygen atoms in total. The molecule has 76 valence electrons. The lowest BCUT2D eigenvalue weighted by atomic mass is 9.88. The highest BCUT2D eigenvalue weighted by molar-refractivity contribution is 7.10. The van der Waals surface area contributed by atoms with Crippen molar-refractivity contribution in [2.75, 3.05) is 0 Å². The molecule has 0 bridgehead atoms. The van der Waals surface area contributed by atoms with Gasteiger partial charge in [0.15, 0.2) is 0 Å². The van der Waals surface area contributed by atoms with Crippen molar-refractivity contribution in [3.63, 3.8) is 0 Å². The van der Waals surface area contributed by atoms with E-state index in [1.54, 1.807) is 11.3 Å². The molecule has 3 heteroatoms. The van der Waals surface area contributed by atoms with Crippen molar-refractivity contribution >= 4 is 17.2 Å². The van der Waals surface area contributed by atoms with Crippen molar-refractivity contribution in [3.8, 4) is 0 Å². The van der Waals surface area contributed by atoms with E-state index in [-0.39, 0.29) is 5.91 Å². The second-order valence-electron chi connectivity index (χ2n) is 3.94. The molecule has 1 heterocycles. The van der Waals surface area contributed by atoms with E-state index in [1.165, 1.54) is 37.0 Å². The first-order valence-corrected chi connectivity index (χ1v) is 6.03. The van der Waals surface area contributed by atoms with Crippen LogP contribution in [0, 0.1) is 0 Å². The summed E-state index contributed by atoms with van der Waals surface area (Å²) in [6, 6.07) is 1.98. The van der Waals surface area contributed by atoms with Crippen molar-refractivity contribution in [1.82, 2.24) is 0 Å². The summed E-state index contributed by atoms with van der Waals surface area (Å²) in [7, 11) is 0. The summed E-state index contributed by atoms with van der Waals surface area (Å²) in [5.41, 5.74) is 5.90. The summed E-state index contributed by atoms with van der Waals surface area (Å²) >= 11 is 1.68. The van der Waals surface area contributed by atoms with Gasteiger partial charge in [0.1, 0.15) is 0 Å². The summed E-state index contributed by atoms with van der Waals surface area (Å²) < 4.78 is 0. The Morgan fingerprint density at radius 1 is 1.36 bits per heavy atom. The van der Waals surface area contributed by atoms with E-state index < -0.39 is 0 Å². The van der Waals surface area contributed by atoms with Crippen molar-refractivity contribution < 1.29 is 4.79 Å². The molecule has 1 amide bonds. The first-order valence-electron chi connectivity index (χ1n) is 5.15. The molecule has 14 heavy (non-hydrogen) atoms. The molecule has 0 saturated heterocycles. The van der Waals surface area contributed by atoms with Gasteiger partial charge in [-0.05, 0) is 24.8 Å². The van der Waals surface area contributed by atoms with Crippen molar-refractivity contribution in [2.24, 2.45) is 5.73 Å². The highest BCUT2D eigenvalue weighted by Crippen LogP contribution is 2.35. The maximum Gasteiger partial charge on any atom is 0.249 e. The second kappa shape index (κ2) is 4.13. The average Bonchev–Trinajstić information content (AvgIpc) is 2.68. The summed E-state index contributed by atoms with van der Waals surface area (Å²) in [5, 5.41) is 1.88. The minimum absolute atomic E-state index is 0.302. The molecule has 1 saturated carbocycles. The van der Waals surface area contributed by atoms with Gasteiger partial charge in [0, 0.05) is 10.3 Å². The number of nitrogens with two attached hydrogens (primary N) is 1. The zero-order chi connectivity index (χ0) is 9.97. The summed E-state index contributed by atoms with van der Waals surface area (Å²) in [4.78, 5) is 12.3. The minimum Gasteiger partial charge on any atom is -0.366 e. The van der Waals surface area contributed by atoms with Crippen molar-refractivity contribution in [1.29, 1.82) is 0 Å². The molecule has 0 radical (unpaired) electrons. The number of thiophene rings is 1. The number of carbonyl (C=O) groups is 1. The van der Waals surface area contributed by atoms with E-state index in [2.05, 4.69) is 0 Å². The monoisotopic (exact) mass is 209 g/mol. The van der Waals surface area contributed by atoms with Crippen LogP contribution in [-0.2, 0) is 0 Å². The third-order valence-corrected chi connectivity index (χ3v) is 4.01. The summed E-state index contributed by atoms with van der Waals surface area (Å²) in [5.74, 6) is 0.380. The molecule has 0 aromatic carbocycles. The molecule has 0 unspecified atom stereocenters. The van der Waals surface area contributed by atoms with Gasteiger partial charge in [-0.2, -0.15) is 0 Å². The van der Waals surface area contributed by atoms with Crippen LogP contribution >= 0.6 is 11.3 Å². The third kappa shape index (κ3) is 1.98. The van der Waals surface area contributed by atoms with Gasteiger partial charge in [0.05, 0.1) is 5.56 Å². The number of hydrogen-bond donors (Lipinski definition) is 1. The topological polar surface area (TPSA) is 43.1 Å². The smallest absolute Gasteiger partial charge is 0.249 e. The molecular weight excluding hydrogens is 194 g/mol. The van der Waals surface area contributed by atoms with Crippen LogP contribution in [0.1, 0.15) is 53.3 Å². The zero-order valence-corrected chi connectivity index (χ0v) is 8.98. The van der Waals surface area contributed by atoms with Crippen LogP contribution in [0.4, 0.5) is 0 Å². The fraction of sp³-hybridized carbons (Fsp3) is 0.545. The van der Waals surface area contributed by atoms with Crippen molar-refractivity contribution in [2.45, 2.75) is 38.0 Å². The van der Waals surface area contributed by atoms with Gasteiger partial charge in [-0.25, -0.2) is 0 Å². The van der Waals surface area contributed by atoms with Crippen LogP contribution in [-0.4, -0.2) is 5.91 Å². The maximum atomic E-state index is 10.9. The highest BCUT2D eigenvalue weighted by Gasteiger charge is 2.17. The lowest BCUT2D eigenvalue weighted by Gasteiger charge is -2.19. The van der Waals surface area contributed by atoms with Gasteiger partial charge in [-0.15, -0.1) is 11.3 Å². The first kappa shape index (κ1) is 9.71. The van der Waals surface area contributed by atoms with Crippen LogP contribution in [0.5, 0.6) is 0 Å². The zero-order valence-electron chi connectivity index (χ0n) is 8.16. The largest absolute Gasteiger partial charge is 0.366 e. The Bertz CT molecular complexity index is 326.